The number of nitrogens with zero attached hydrogens (tertiary/aromatic N) is 5. The van der Waals surface area contributed by atoms with Crippen LogP contribution in [0.3, 0.4) is 0 Å². The number of anilines is 1. The largest absolute Gasteiger partial charge is 0.496 e. The van der Waals surface area contributed by atoms with E-state index < -0.39 is 5.25 Å². The SMILES string of the molecule is COc1ccccc1-c1nnc(S[C@@H](C)C(=O)N(CCC#N)c2ccccc2)n1C. The molecule has 0 saturated carbocycles. The molecule has 0 spiro atoms. The molecule has 1 atom stereocenters. The fourth-order valence-corrected chi connectivity index (χ4v) is 3.92. The molecule has 0 aliphatic heterocycles. The van der Waals surface area contributed by atoms with Crippen molar-refractivity contribution in [3.8, 4) is 23.2 Å². The number of hydrogen-bond donors (Lipinski definition) is 0. The van der Waals surface area contributed by atoms with Crippen LogP contribution in [0, 0.1) is 11.3 Å². The first kappa shape index (κ1) is 21.4. The summed E-state index contributed by atoms with van der Waals surface area (Å²) in [6.07, 6.45) is 0.264. The van der Waals surface area contributed by atoms with E-state index in [1.165, 1.54) is 11.8 Å². The average Bonchev–Trinajstić information content (AvgIpc) is 3.14. The Hall–Kier alpha value is -3.31. The number of amides is 1. The van der Waals surface area contributed by atoms with E-state index >= 15 is 0 Å². The van der Waals surface area contributed by atoms with Gasteiger partial charge < -0.3 is 14.2 Å². The number of ether oxygens (including phenoxy) is 1. The summed E-state index contributed by atoms with van der Waals surface area (Å²) in [5, 5.41) is 17.8. The number of nitriles is 1. The van der Waals surface area contributed by atoms with Crippen molar-refractivity contribution in [3.63, 3.8) is 0 Å². The van der Waals surface area contributed by atoms with Crippen molar-refractivity contribution >= 4 is 23.4 Å². The molecular formula is C22H23N5O2S. The van der Waals surface area contributed by atoms with Crippen molar-refractivity contribution in [1.82, 2.24) is 14.8 Å². The van der Waals surface area contributed by atoms with Gasteiger partial charge in [0.1, 0.15) is 5.75 Å². The highest BCUT2D eigenvalue weighted by Crippen LogP contribution is 2.31. The quantitative estimate of drug-likeness (QED) is 0.513. The van der Waals surface area contributed by atoms with Gasteiger partial charge in [0.25, 0.3) is 0 Å². The van der Waals surface area contributed by atoms with Gasteiger partial charge in [0.15, 0.2) is 11.0 Å². The van der Waals surface area contributed by atoms with E-state index in [1.54, 1.807) is 12.0 Å². The van der Waals surface area contributed by atoms with Gasteiger partial charge >= 0.3 is 0 Å². The first-order valence-electron chi connectivity index (χ1n) is 9.49. The molecule has 1 heterocycles. The Morgan fingerprint density at radius 1 is 1.20 bits per heavy atom. The number of para-hydroxylation sites is 2. The lowest BCUT2D eigenvalue weighted by Crippen LogP contribution is -2.37. The van der Waals surface area contributed by atoms with Gasteiger partial charge in [-0.1, -0.05) is 42.1 Å². The van der Waals surface area contributed by atoms with Crippen LogP contribution in [-0.4, -0.2) is 39.6 Å². The number of hydrogen-bond acceptors (Lipinski definition) is 6. The van der Waals surface area contributed by atoms with Crippen LogP contribution in [0.2, 0.25) is 0 Å². The van der Waals surface area contributed by atoms with E-state index in [2.05, 4.69) is 16.3 Å². The van der Waals surface area contributed by atoms with Crippen molar-refractivity contribution in [2.45, 2.75) is 23.8 Å². The molecule has 0 bridgehead atoms. The lowest BCUT2D eigenvalue weighted by atomic mass is 10.2. The number of benzene rings is 2. The summed E-state index contributed by atoms with van der Waals surface area (Å²) in [6, 6.07) is 19.1. The minimum absolute atomic E-state index is 0.0803. The second-order valence-corrected chi connectivity index (χ2v) is 7.87. The van der Waals surface area contributed by atoms with E-state index in [-0.39, 0.29) is 12.3 Å². The fourth-order valence-electron chi connectivity index (χ4n) is 3.05. The highest BCUT2D eigenvalue weighted by atomic mass is 32.2. The molecule has 2 aromatic carbocycles. The molecule has 0 fully saturated rings. The van der Waals surface area contributed by atoms with E-state index in [4.69, 9.17) is 10.00 Å². The summed E-state index contributed by atoms with van der Waals surface area (Å²) in [5.41, 5.74) is 1.61. The van der Waals surface area contributed by atoms with Gasteiger partial charge in [-0.2, -0.15) is 5.26 Å². The van der Waals surface area contributed by atoms with E-state index in [0.717, 1.165) is 11.3 Å². The molecule has 0 aliphatic carbocycles. The number of rotatable bonds is 8. The molecule has 0 N–H and O–H groups in total. The van der Waals surface area contributed by atoms with Gasteiger partial charge in [0, 0.05) is 19.3 Å². The summed E-state index contributed by atoms with van der Waals surface area (Å²) in [4.78, 5) is 14.8. The van der Waals surface area contributed by atoms with Crippen LogP contribution in [0.25, 0.3) is 11.4 Å². The van der Waals surface area contributed by atoms with Gasteiger partial charge in [-0.05, 0) is 31.2 Å². The maximum absolute atomic E-state index is 13.2. The number of aromatic nitrogens is 3. The third kappa shape index (κ3) is 4.63. The third-order valence-corrected chi connectivity index (χ3v) is 5.72. The first-order valence-corrected chi connectivity index (χ1v) is 10.4. The average molecular weight is 422 g/mol. The van der Waals surface area contributed by atoms with Crippen LogP contribution in [-0.2, 0) is 11.8 Å². The molecule has 8 heteroatoms. The maximum atomic E-state index is 13.2. The predicted molar refractivity (Wildman–Crippen MR) is 117 cm³/mol. The topological polar surface area (TPSA) is 84.0 Å². The second kappa shape index (κ2) is 9.94. The zero-order valence-electron chi connectivity index (χ0n) is 17.1. The number of methoxy groups -OCH3 is 1. The zero-order chi connectivity index (χ0) is 21.5. The molecule has 0 unspecified atom stereocenters. The molecular weight excluding hydrogens is 398 g/mol. The Labute approximate surface area is 180 Å². The Bertz CT molecular complexity index is 1050. The first-order chi connectivity index (χ1) is 14.6. The minimum Gasteiger partial charge on any atom is -0.496 e. The minimum atomic E-state index is -0.405. The van der Waals surface area contributed by atoms with Gasteiger partial charge in [0.05, 0.1) is 30.4 Å². The summed E-state index contributed by atoms with van der Waals surface area (Å²) in [7, 11) is 3.48. The zero-order valence-corrected chi connectivity index (χ0v) is 18.0. The standard InChI is InChI=1S/C22H23N5O2S/c1-16(21(28)27(15-9-14-23)17-10-5-4-6-11-17)30-22-25-24-20(26(22)2)18-12-7-8-13-19(18)29-3/h4-8,10-13,16H,9,15H2,1-3H3/t16-/m0/s1. The lowest BCUT2D eigenvalue weighted by molar-refractivity contribution is -0.117. The Balaban J connectivity index is 1.81. The highest BCUT2D eigenvalue weighted by molar-refractivity contribution is 8.00. The Kier molecular flexibility index (Phi) is 7.09. The summed E-state index contributed by atoms with van der Waals surface area (Å²) < 4.78 is 7.28. The molecule has 1 aromatic heterocycles. The maximum Gasteiger partial charge on any atom is 0.240 e. The van der Waals surface area contributed by atoms with E-state index in [0.29, 0.717) is 23.3 Å². The van der Waals surface area contributed by atoms with Crippen molar-refractivity contribution in [3.05, 3.63) is 54.6 Å². The Morgan fingerprint density at radius 3 is 2.60 bits per heavy atom. The normalized spacial score (nSPS) is 11.5. The summed E-state index contributed by atoms with van der Waals surface area (Å²) >= 11 is 1.34. The molecule has 7 nitrogen and oxygen atoms in total. The van der Waals surface area contributed by atoms with Crippen molar-refractivity contribution in [2.75, 3.05) is 18.6 Å². The molecule has 3 rings (SSSR count). The lowest BCUT2D eigenvalue weighted by Gasteiger charge is -2.24. The molecule has 154 valence electrons. The Morgan fingerprint density at radius 2 is 1.90 bits per heavy atom. The molecule has 1 amide bonds. The van der Waals surface area contributed by atoms with Crippen LogP contribution in [0.4, 0.5) is 5.69 Å². The van der Waals surface area contributed by atoms with Gasteiger partial charge in [-0.25, -0.2) is 0 Å². The van der Waals surface area contributed by atoms with Gasteiger partial charge in [0.2, 0.25) is 5.91 Å². The van der Waals surface area contributed by atoms with Gasteiger partial charge in [-0.15, -0.1) is 10.2 Å². The van der Waals surface area contributed by atoms with E-state index in [9.17, 15) is 4.79 Å². The molecule has 30 heavy (non-hydrogen) atoms. The molecule has 0 radical (unpaired) electrons. The highest BCUT2D eigenvalue weighted by Gasteiger charge is 2.25. The molecule has 0 saturated heterocycles. The van der Waals surface area contributed by atoms with Crippen molar-refractivity contribution in [1.29, 1.82) is 5.26 Å². The van der Waals surface area contributed by atoms with Crippen LogP contribution < -0.4 is 9.64 Å². The predicted octanol–water partition coefficient (Wildman–Crippen LogP) is 3.92. The number of carbonyl (C=O) groups is 1. The van der Waals surface area contributed by atoms with Crippen LogP contribution in [0.5, 0.6) is 5.75 Å². The number of carbonyl (C=O) groups excluding carboxylic acids is 1. The van der Waals surface area contributed by atoms with E-state index in [1.807, 2.05) is 73.1 Å². The van der Waals surface area contributed by atoms with Gasteiger partial charge in [-0.3, -0.25) is 4.79 Å². The second-order valence-electron chi connectivity index (χ2n) is 6.56. The molecule has 3 aromatic rings. The smallest absolute Gasteiger partial charge is 0.240 e. The van der Waals surface area contributed by atoms with Crippen LogP contribution in [0.15, 0.2) is 59.8 Å². The molecule has 0 aliphatic rings. The van der Waals surface area contributed by atoms with Crippen LogP contribution >= 0.6 is 11.8 Å². The monoisotopic (exact) mass is 421 g/mol. The van der Waals surface area contributed by atoms with Crippen molar-refractivity contribution < 1.29 is 9.53 Å². The summed E-state index contributed by atoms with van der Waals surface area (Å²) in [5.74, 6) is 1.29. The number of thioether (sulfide) groups is 1. The fraction of sp³-hybridized carbons (Fsp3) is 0.273. The van der Waals surface area contributed by atoms with Crippen LogP contribution in [0.1, 0.15) is 13.3 Å². The third-order valence-electron chi connectivity index (χ3n) is 4.59. The van der Waals surface area contributed by atoms with Crippen molar-refractivity contribution in [2.24, 2.45) is 7.05 Å². The summed E-state index contributed by atoms with van der Waals surface area (Å²) in [6.45, 7) is 2.18.